The highest BCUT2D eigenvalue weighted by Gasteiger charge is 2.40. The zero-order valence-corrected chi connectivity index (χ0v) is 15.2. The number of ether oxygens (including phenoxy) is 1. The van der Waals surface area contributed by atoms with E-state index in [2.05, 4.69) is 0 Å². The minimum absolute atomic E-state index is 0.0272. The predicted octanol–water partition coefficient (Wildman–Crippen LogP) is 3.41. The average molecular weight is 384 g/mol. The first-order valence-corrected chi connectivity index (χ1v) is 8.52. The van der Waals surface area contributed by atoms with Crippen molar-refractivity contribution < 1.29 is 18.7 Å². The first-order chi connectivity index (χ1) is 12.9. The summed E-state index contributed by atoms with van der Waals surface area (Å²) in [6.45, 7) is 0. The maximum Gasteiger partial charge on any atom is 0.337 e. The molecule has 1 atom stereocenters. The number of rotatable bonds is 2. The zero-order valence-electron chi connectivity index (χ0n) is 14.5. The van der Waals surface area contributed by atoms with Gasteiger partial charge in [0.2, 0.25) is 5.76 Å². The normalized spacial score (nSPS) is 15.9. The van der Waals surface area contributed by atoms with Crippen molar-refractivity contribution in [2.75, 3.05) is 14.2 Å². The fourth-order valence-corrected chi connectivity index (χ4v) is 3.54. The second kappa shape index (κ2) is 6.25. The van der Waals surface area contributed by atoms with E-state index < -0.39 is 12.0 Å². The van der Waals surface area contributed by atoms with Crippen molar-refractivity contribution in [3.8, 4) is 0 Å². The van der Waals surface area contributed by atoms with E-state index in [0.717, 1.165) is 0 Å². The minimum Gasteiger partial charge on any atom is -0.465 e. The predicted molar refractivity (Wildman–Crippen MR) is 99.2 cm³/mol. The van der Waals surface area contributed by atoms with E-state index in [1.807, 2.05) is 0 Å². The fraction of sp³-hybridized carbons (Fsp3) is 0.150. The van der Waals surface area contributed by atoms with Crippen LogP contribution in [0.3, 0.4) is 0 Å². The van der Waals surface area contributed by atoms with Crippen molar-refractivity contribution in [3.05, 3.63) is 80.2 Å². The van der Waals surface area contributed by atoms with Gasteiger partial charge in [0.1, 0.15) is 5.58 Å². The van der Waals surface area contributed by atoms with Crippen LogP contribution in [0.2, 0.25) is 5.02 Å². The first kappa shape index (κ1) is 17.3. The molecular weight excluding hydrogens is 370 g/mol. The maximum absolute atomic E-state index is 13.1. The Morgan fingerprint density at radius 3 is 2.52 bits per heavy atom. The van der Waals surface area contributed by atoms with Gasteiger partial charge in [0, 0.05) is 12.1 Å². The molecule has 4 rings (SSSR count). The fourth-order valence-electron chi connectivity index (χ4n) is 3.37. The molecule has 2 aromatic carbocycles. The lowest BCUT2D eigenvalue weighted by Gasteiger charge is -2.20. The molecule has 136 valence electrons. The van der Waals surface area contributed by atoms with E-state index >= 15 is 0 Å². The summed E-state index contributed by atoms with van der Waals surface area (Å²) in [5, 5.41) is 0.729. The number of hydrogen-bond acceptors (Lipinski definition) is 5. The highest BCUT2D eigenvalue weighted by molar-refractivity contribution is 6.31. The molecule has 27 heavy (non-hydrogen) atoms. The molecule has 1 aliphatic rings. The van der Waals surface area contributed by atoms with Crippen LogP contribution >= 0.6 is 11.6 Å². The molecule has 6 nitrogen and oxygen atoms in total. The number of nitrogens with zero attached hydrogens (tertiary/aromatic N) is 1. The molecule has 0 bridgehead atoms. The molecule has 0 aliphatic carbocycles. The summed E-state index contributed by atoms with van der Waals surface area (Å²) >= 11 is 6.01. The highest BCUT2D eigenvalue weighted by atomic mass is 35.5. The number of amides is 1. The summed E-state index contributed by atoms with van der Waals surface area (Å²) in [4.78, 5) is 38.8. The van der Waals surface area contributed by atoms with Crippen LogP contribution in [-0.4, -0.2) is 30.9 Å². The summed E-state index contributed by atoms with van der Waals surface area (Å²) in [5.41, 5.74) is 1.35. The van der Waals surface area contributed by atoms with Gasteiger partial charge in [-0.3, -0.25) is 9.59 Å². The van der Waals surface area contributed by atoms with Gasteiger partial charge in [0.25, 0.3) is 5.91 Å². The zero-order chi connectivity index (χ0) is 19.3. The molecule has 0 spiro atoms. The van der Waals surface area contributed by atoms with Gasteiger partial charge in [-0.1, -0.05) is 23.7 Å². The lowest BCUT2D eigenvalue weighted by atomic mass is 9.98. The molecule has 0 fully saturated rings. The molecule has 7 heteroatoms. The number of methoxy groups -OCH3 is 1. The second-order valence-corrected chi connectivity index (χ2v) is 6.68. The van der Waals surface area contributed by atoms with Gasteiger partial charge in [-0.15, -0.1) is 0 Å². The maximum atomic E-state index is 13.1. The molecule has 3 aromatic rings. The minimum atomic E-state index is -0.612. The van der Waals surface area contributed by atoms with Gasteiger partial charge in [-0.05, 0) is 35.9 Å². The van der Waals surface area contributed by atoms with E-state index in [0.29, 0.717) is 27.1 Å². The molecule has 1 aliphatic heterocycles. The van der Waals surface area contributed by atoms with Crippen molar-refractivity contribution in [1.29, 1.82) is 0 Å². The summed E-state index contributed by atoms with van der Waals surface area (Å²) in [6.07, 6.45) is 0. The monoisotopic (exact) mass is 383 g/mol. The Labute approximate surface area is 158 Å². The van der Waals surface area contributed by atoms with Gasteiger partial charge in [-0.2, -0.15) is 0 Å². The SMILES string of the molecule is COC(=O)c1ccc([C@@H]2c3c(oc4ccc(Cl)cc4c3=O)C(=O)N2C)cc1. The Bertz CT molecular complexity index is 1150. The Morgan fingerprint density at radius 2 is 1.85 bits per heavy atom. The average Bonchev–Trinajstić information content (AvgIpc) is 2.93. The largest absolute Gasteiger partial charge is 0.465 e. The molecule has 0 saturated carbocycles. The third kappa shape index (κ3) is 2.61. The summed E-state index contributed by atoms with van der Waals surface area (Å²) in [5.74, 6) is -0.807. The molecule has 2 heterocycles. The van der Waals surface area contributed by atoms with Crippen molar-refractivity contribution in [2.45, 2.75) is 6.04 Å². The van der Waals surface area contributed by atoms with Gasteiger partial charge in [0.15, 0.2) is 5.43 Å². The van der Waals surface area contributed by atoms with Crippen LogP contribution in [0.15, 0.2) is 51.7 Å². The van der Waals surface area contributed by atoms with Gasteiger partial charge in [0.05, 0.1) is 29.7 Å². The topological polar surface area (TPSA) is 76.8 Å². The van der Waals surface area contributed by atoms with Crippen LogP contribution in [0.1, 0.15) is 38.1 Å². The molecule has 1 amide bonds. The van der Waals surface area contributed by atoms with Crippen LogP contribution in [0, 0.1) is 0 Å². The summed E-state index contributed by atoms with van der Waals surface area (Å²) in [7, 11) is 2.91. The van der Waals surface area contributed by atoms with Crippen molar-refractivity contribution in [3.63, 3.8) is 0 Å². The molecule has 0 saturated heterocycles. The van der Waals surface area contributed by atoms with Crippen LogP contribution < -0.4 is 5.43 Å². The van der Waals surface area contributed by atoms with E-state index in [4.69, 9.17) is 20.8 Å². The molecule has 1 aromatic heterocycles. The second-order valence-electron chi connectivity index (χ2n) is 6.25. The lowest BCUT2D eigenvalue weighted by molar-refractivity contribution is 0.0600. The van der Waals surface area contributed by atoms with Crippen LogP contribution in [-0.2, 0) is 4.74 Å². The molecule has 0 radical (unpaired) electrons. The van der Waals surface area contributed by atoms with Crippen molar-refractivity contribution in [1.82, 2.24) is 4.90 Å². The quantitative estimate of drug-likeness (QED) is 0.634. The van der Waals surface area contributed by atoms with Gasteiger partial charge < -0.3 is 14.1 Å². The number of hydrogen-bond donors (Lipinski definition) is 0. The number of carbonyl (C=O) groups excluding carboxylic acids is 2. The van der Waals surface area contributed by atoms with E-state index in [-0.39, 0.29) is 22.7 Å². The number of fused-ring (bicyclic) bond motifs is 2. The lowest BCUT2D eigenvalue weighted by Crippen LogP contribution is -2.25. The Kier molecular flexibility index (Phi) is 4.00. The van der Waals surface area contributed by atoms with Crippen LogP contribution in [0.5, 0.6) is 0 Å². The van der Waals surface area contributed by atoms with Crippen LogP contribution in [0.4, 0.5) is 0 Å². The summed E-state index contributed by atoms with van der Waals surface area (Å²) in [6, 6.07) is 10.7. The van der Waals surface area contributed by atoms with E-state index in [1.165, 1.54) is 18.1 Å². The van der Waals surface area contributed by atoms with Crippen molar-refractivity contribution in [2.24, 2.45) is 0 Å². The summed E-state index contributed by atoms with van der Waals surface area (Å²) < 4.78 is 10.4. The number of halogens is 1. The smallest absolute Gasteiger partial charge is 0.337 e. The van der Waals surface area contributed by atoms with Crippen LogP contribution in [0.25, 0.3) is 11.0 Å². The Hall–Kier alpha value is -3.12. The Morgan fingerprint density at radius 1 is 1.15 bits per heavy atom. The first-order valence-electron chi connectivity index (χ1n) is 8.14. The van der Waals surface area contributed by atoms with Gasteiger partial charge >= 0.3 is 5.97 Å². The number of carbonyl (C=O) groups is 2. The van der Waals surface area contributed by atoms with Gasteiger partial charge in [-0.25, -0.2) is 4.79 Å². The Balaban J connectivity index is 1.91. The standard InChI is InChI=1S/C20H14ClNO5/c1-22-16(10-3-5-11(6-4-10)20(25)26-2)15-17(23)13-9-12(21)7-8-14(13)27-18(15)19(22)24/h3-9,16H,1-2H3/t16-/m1/s1. The van der Waals surface area contributed by atoms with E-state index in [9.17, 15) is 14.4 Å². The van der Waals surface area contributed by atoms with Crippen molar-refractivity contribution >= 4 is 34.4 Å². The van der Waals surface area contributed by atoms with E-state index in [1.54, 1.807) is 43.4 Å². The molecule has 0 unspecified atom stereocenters. The number of esters is 1. The third-order valence-electron chi connectivity index (χ3n) is 4.71. The number of benzene rings is 2. The third-order valence-corrected chi connectivity index (χ3v) is 4.95. The molecular formula is C20H14ClNO5. The molecule has 0 N–H and O–H groups in total. The highest BCUT2D eigenvalue weighted by Crippen LogP contribution is 2.37.